The van der Waals surface area contributed by atoms with E-state index in [1.54, 1.807) is 28.0 Å². The summed E-state index contributed by atoms with van der Waals surface area (Å²) in [6.07, 6.45) is 4.15. The summed E-state index contributed by atoms with van der Waals surface area (Å²) in [5, 5.41) is 8.09. The van der Waals surface area contributed by atoms with Gasteiger partial charge >= 0.3 is 0 Å². The van der Waals surface area contributed by atoms with E-state index in [-0.39, 0.29) is 17.5 Å². The van der Waals surface area contributed by atoms with E-state index in [4.69, 9.17) is 11.6 Å². The molecule has 0 spiro atoms. The highest BCUT2D eigenvalue weighted by Gasteiger charge is 2.30. The molecule has 150 valence electrons. The molecule has 0 saturated carbocycles. The maximum Gasteiger partial charge on any atom is 0.264 e. The van der Waals surface area contributed by atoms with E-state index in [2.05, 4.69) is 10.4 Å². The van der Waals surface area contributed by atoms with Gasteiger partial charge in [0.05, 0.1) is 27.1 Å². The molecule has 4 rings (SSSR count). The number of amides is 2. The minimum atomic E-state index is -0.474. The summed E-state index contributed by atoms with van der Waals surface area (Å²) in [6, 6.07) is 7.33. The highest BCUT2D eigenvalue weighted by atomic mass is 35.5. The van der Waals surface area contributed by atoms with Crippen LogP contribution in [0.15, 0.2) is 42.7 Å². The molecule has 2 aromatic heterocycles. The van der Waals surface area contributed by atoms with Crippen molar-refractivity contribution in [2.45, 2.75) is 19.4 Å². The van der Waals surface area contributed by atoms with Crippen LogP contribution in [-0.2, 0) is 0 Å². The lowest BCUT2D eigenvalue weighted by atomic mass is 10.2. The molecule has 0 bridgehead atoms. The Morgan fingerprint density at radius 1 is 1.34 bits per heavy atom. The Bertz CT molecular complexity index is 1080. The van der Waals surface area contributed by atoms with E-state index < -0.39 is 11.7 Å². The molecule has 1 fully saturated rings. The number of likely N-dealkylation sites (tertiary alicyclic amines) is 1. The molecule has 1 aliphatic heterocycles. The Labute approximate surface area is 175 Å². The summed E-state index contributed by atoms with van der Waals surface area (Å²) in [7, 11) is 0. The summed E-state index contributed by atoms with van der Waals surface area (Å²) in [4.78, 5) is 27.7. The van der Waals surface area contributed by atoms with Gasteiger partial charge in [-0.1, -0.05) is 17.7 Å². The van der Waals surface area contributed by atoms with Gasteiger partial charge in [0.1, 0.15) is 5.82 Å². The van der Waals surface area contributed by atoms with Crippen LogP contribution in [0.25, 0.3) is 0 Å². The molecule has 1 saturated heterocycles. The molecular formula is C20H18ClFN4O2S. The van der Waals surface area contributed by atoms with Crippen molar-refractivity contribution in [2.24, 2.45) is 0 Å². The maximum absolute atomic E-state index is 13.3. The second-order valence-electron chi connectivity index (χ2n) is 6.92. The average Bonchev–Trinajstić information content (AvgIpc) is 3.41. The second kappa shape index (κ2) is 7.96. The number of benzene rings is 1. The van der Waals surface area contributed by atoms with Crippen molar-refractivity contribution in [3.63, 3.8) is 0 Å². The van der Waals surface area contributed by atoms with Gasteiger partial charge in [0.25, 0.3) is 11.8 Å². The van der Waals surface area contributed by atoms with Crippen molar-refractivity contribution < 1.29 is 14.0 Å². The first-order valence-electron chi connectivity index (χ1n) is 9.07. The number of carbonyl (C=O) groups excluding carboxylic acids is 2. The van der Waals surface area contributed by atoms with Gasteiger partial charge in [0, 0.05) is 24.8 Å². The van der Waals surface area contributed by atoms with Gasteiger partial charge in [0.15, 0.2) is 0 Å². The predicted molar refractivity (Wildman–Crippen MR) is 110 cm³/mol. The maximum atomic E-state index is 13.3. The van der Waals surface area contributed by atoms with Crippen LogP contribution in [-0.4, -0.2) is 39.6 Å². The first kappa shape index (κ1) is 19.6. The number of hydrogen-bond donors (Lipinski definition) is 1. The van der Waals surface area contributed by atoms with Crippen LogP contribution in [0.5, 0.6) is 0 Å². The van der Waals surface area contributed by atoms with Gasteiger partial charge in [0.2, 0.25) is 0 Å². The van der Waals surface area contributed by atoms with Crippen LogP contribution in [0.1, 0.15) is 38.1 Å². The first-order chi connectivity index (χ1) is 13.9. The lowest BCUT2D eigenvalue weighted by Gasteiger charge is -2.16. The molecule has 1 atom stereocenters. The number of nitrogens with zero attached hydrogens (tertiary/aromatic N) is 3. The zero-order valence-corrected chi connectivity index (χ0v) is 17.1. The first-order valence-corrected chi connectivity index (χ1v) is 10.3. The zero-order valence-electron chi connectivity index (χ0n) is 15.6. The lowest BCUT2D eigenvalue weighted by Crippen LogP contribution is -2.29. The van der Waals surface area contributed by atoms with Crippen molar-refractivity contribution in [2.75, 3.05) is 18.4 Å². The number of rotatable bonds is 4. The number of halogens is 2. The molecule has 3 aromatic rings. The Hall–Kier alpha value is -2.71. The van der Waals surface area contributed by atoms with Crippen LogP contribution >= 0.6 is 22.9 Å². The zero-order chi connectivity index (χ0) is 20.5. The number of hydrogen-bond acceptors (Lipinski definition) is 4. The Morgan fingerprint density at radius 2 is 2.17 bits per heavy atom. The fraction of sp³-hybridized carbons (Fsp3) is 0.250. The fourth-order valence-corrected chi connectivity index (χ4v) is 4.55. The van der Waals surface area contributed by atoms with Gasteiger partial charge < -0.3 is 10.2 Å². The highest BCUT2D eigenvalue weighted by Crippen LogP contribution is 2.31. The third kappa shape index (κ3) is 4.18. The Morgan fingerprint density at radius 3 is 2.90 bits per heavy atom. The van der Waals surface area contributed by atoms with E-state index in [9.17, 15) is 14.0 Å². The highest BCUT2D eigenvalue weighted by molar-refractivity contribution is 7.18. The van der Waals surface area contributed by atoms with Crippen LogP contribution < -0.4 is 5.32 Å². The minimum Gasteiger partial charge on any atom is -0.336 e. The number of aromatic nitrogens is 2. The van der Waals surface area contributed by atoms with Crippen LogP contribution in [0.3, 0.4) is 0 Å². The summed E-state index contributed by atoms with van der Waals surface area (Å²) < 4.78 is 15.1. The van der Waals surface area contributed by atoms with E-state index >= 15 is 0 Å². The summed E-state index contributed by atoms with van der Waals surface area (Å²) >= 11 is 7.16. The fourth-order valence-electron chi connectivity index (χ4n) is 3.37. The van der Waals surface area contributed by atoms with Gasteiger partial charge in [-0.3, -0.25) is 14.3 Å². The standard InChI is InChI=1S/C20H18ClFN4O2S/c1-12-7-17(24-19(27)13-3-2-4-15(22)8-13)29-18(12)20(28)25-6-5-16(11-25)26-10-14(21)9-23-26/h2-4,7-10,16H,5-6,11H2,1H3,(H,24,27). The molecule has 0 aliphatic carbocycles. The lowest BCUT2D eigenvalue weighted by molar-refractivity contribution is 0.0791. The Balaban J connectivity index is 1.45. The topological polar surface area (TPSA) is 67.2 Å². The normalized spacial score (nSPS) is 16.2. The molecular weight excluding hydrogens is 415 g/mol. The molecule has 0 radical (unpaired) electrons. The molecule has 1 aliphatic rings. The van der Waals surface area contributed by atoms with Crippen molar-refractivity contribution in [3.8, 4) is 0 Å². The van der Waals surface area contributed by atoms with Gasteiger partial charge in [-0.25, -0.2) is 4.39 Å². The third-order valence-electron chi connectivity index (χ3n) is 4.83. The number of nitrogens with one attached hydrogen (secondary N) is 1. The van der Waals surface area contributed by atoms with Crippen molar-refractivity contribution in [1.82, 2.24) is 14.7 Å². The van der Waals surface area contributed by atoms with Crippen LogP contribution in [0, 0.1) is 12.7 Å². The summed E-state index contributed by atoms with van der Waals surface area (Å²) in [6.45, 7) is 3.02. The third-order valence-corrected chi connectivity index (χ3v) is 6.17. The Kier molecular flexibility index (Phi) is 5.38. The number of thiophene rings is 1. The largest absolute Gasteiger partial charge is 0.336 e. The molecule has 29 heavy (non-hydrogen) atoms. The molecule has 1 unspecified atom stereocenters. The van der Waals surface area contributed by atoms with Crippen molar-refractivity contribution >= 4 is 39.8 Å². The van der Waals surface area contributed by atoms with Gasteiger partial charge in [-0.15, -0.1) is 11.3 Å². The van der Waals surface area contributed by atoms with Crippen molar-refractivity contribution in [1.29, 1.82) is 0 Å². The monoisotopic (exact) mass is 432 g/mol. The molecule has 2 amide bonds. The smallest absolute Gasteiger partial charge is 0.264 e. The molecule has 6 nitrogen and oxygen atoms in total. The SMILES string of the molecule is Cc1cc(NC(=O)c2cccc(F)c2)sc1C(=O)N1CCC(n2cc(Cl)cn2)C1. The van der Waals surface area contributed by atoms with E-state index in [0.29, 0.717) is 28.0 Å². The minimum absolute atomic E-state index is 0.0699. The van der Waals surface area contributed by atoms with E-state index in [1.165, 1.54) is 35.6 Å². The molecule has 1 N–H and O–H groups in total. The summed E-state index contributed by atoms with van der Waals surface area (Å²) in [5.74, 6) is -0.959. The van der Waals surface area contributed by atoms with Crippen molar-refractivity contribution in [3.05, 3.63) is 69.6 Å². The number of aryl methyl sites for hydroxylation is 1. The quantitative estimate of drug-likeness (QED) is 0.665. The molecule has 9 heteroatoms. The van der Waals surface area contributed by atoms with E-state index in [0.717, 1.165) is 12.0 Å². The molecule has 1 aromatic carbocycles. The average molecular weight is 433 g/mol. The number of carbonyl (C=O) groups is 2. The van der Waals surface area contributed by atoms with Gasteiger partial charge in [-0.2, -0.15) is 5.10 Å². The van der Waals surface area contributed by atoms with Crippen LogP contribution in [0.2, 0.25) is 5.02 Å². The number of anilines is 1. The second-order valence-corrected chi connectivity index (χ2v) is 8.41. The predicted octanol–water partition coefficient (Wildman–Crippen LogP) is 4.39. The van der Waals surface area contributed by atoms with E-state index in [1.807, 2.05) is 6.92 Å². The molecule has 3 heterocycles. The van der Waals surface area contributed by atoms with Crippen LogP contribution in [0.4, 0.5) is 9.39 Å². The summed E-state index contributed by atoms with van der Waals surface area (Å²) in [5.41, 5.74) is 1.02. The van der Waals surface area contributed by atoms with Gasteiger partial charge in [-0.05, 0) is 43.2 Å².